The maximum atomic E-state index is 11.2. The highest BCUT2D eigenvalue weighted by molar-refractivity contribution is 5.75. The van der Waals surface area contributed by atoms with Crippen molar-refractivity contribution in [2.75, 3.05) is 7.05 Å². The maximum absolute atomic E-state index is 11.2. The van der Waals surface area contributed by atoms with Crippen molar-refractivity contribution >= 4 is 5.91 Å². The van der Waals surface area contributed by atoms with Crippen LogP contribution < -0.4 is 5.32 Å². The Labute approximate surface area is 88.0 Å². The Balaban J connectivity index is 2.10. The Morgan fingerprint density at radius 2 is 2.27 bits per heavy atom. The van der Waals surface area contributed by atoms with E-state index >= 15 is 0 Å². The molecule has 1 heterocycles. The van der Waals surface area contributed by atoms with Crippen LogP contribution in [0.25, 0.3) is 0 Å². The zero-order chi connectivity index (χ0) is 10.7. The number of hydrogen-bond donors (Lipinski definition) is 1. The molecule has 0 unspecified atom stereocenters. The maximum Gasteiger partial charge on any atom is 0.241 e. The molecule has 1 aromatic heterocycles. The second-order valence-electron chi connectivity index (χ2n) is 3.85. The summed E-state index contributed by atoms with van der Waals surface area (Å²) in [7, 11) is 1.61. The summed E-state index contributed by atoms with van der Waals surface area (Å²) in [6.45, 7) is 0.218. The topological polar surface area (TPSA) is 72.7 Å². The molecule has 1 aliphatic carbocycles. The predicted octanol–water partition coefficient (Wildman–Crippen LogP) is 0.0767. The summed E-state index contributed by atoms with van der Waals surface area (Å²) in [6.07, 6.45) is 4.73. The Bertz CT molecular complexity index is 342. The SMILES string of the molecule is CNC(=O)Cn1nnnc1C1CCCC1. The van der Waals surface area contributed by atoms with Crippen LogP contribution in [-0.4, -0.2) is 33.2 Å². The van der Waals surface area contributed by atoms with Crippen LogP contribution in [0.4, 0.5) is 0 Å². The molecule has 0 atom stereocenters. The third-order valence-electron chi connectivity index (χ3n) is 2.85. The molecule has 1 fully saturated rings. The van der Waals surface area contributed by atoms with E-state index in [9.17, 15) is 4.79 Å². The molecule has 0 aliphatic heterocycles. The monoisotopic (exact) mass is 209 g/mol. The highest BCUT2D eigenvalue weighted by Crippen LogP contribution is 2.32. The molecule has 0 bridgehead atoms. The van der Waals surface area contributed by atoms with E-state index in [1.165, 1.54) is 12.8 Å². The Hall–Kier alpha value is -1.46. The molecular formula is C9H15N5O. The number of carbonyl (C=O) groups is 1. The number of nitrogens with one attached hydrogen (secondary N) is 1. The van der Waals surface area contributed by atoms with Crippen molar-refractivity contribution in [2.45, 2.75) is 38.1 Å². The molecule has 0 saturated heterocycles. The van der Waals surface area contributed by atoms with E-state index < -0.39 is 0 Å². The highest BCUT2D eigenvalue weighted by atomic mass is 16.2. The average molecular weight is 209 g/mol. The van der Waals surface area contributed by atoms with Crippen LogP contribution >= 0.6 is 0 Å². The van der Waals surface area contributed by atoms with Gasteiger partial charge in [0.25, 0.3) is 0 Å². The van der Waals surface area contributed by atoms with Gasteiger partial charge in [-0.05, 0) is 23.3 Å². The number of rotatable bonds is 3. The zero-order valence-corrected chi connectivity index (χ0v) is 8.81. The van der Waals surface area contributed by atoms with Gasteiger partial charge in [0.15, 0.2) is 5.82 Å². The van der Waals surface area contributed by atoms with E-state index in [1.807, 2.05) is 0 Å². The van der Waals surface area contributed by atoms with Crippen molar-refractivity contribution in [2.24, 2.45) is 0 Å². The van der Waals surface area contributed by atoms with E-state index in [4.69, 9.17) is 0 Å². The number of amides is 1. The summed E-state index contributed by atoms with van der Waals surface area (Å²) < 4.78 is 1.61. The van der Waals surface area contributed by atoms with Crippen molar-refractivity contribution < 1.29 is 4.79 Å². The van der Waals surface area contributed by atoms with Crippen molar-refractivity contribution in [3.63, 3.8) is 0 Å². The second kappa shape index (κ2) is 4.37. The van der Waals surface area contributed by atoms with Gasteiger partial charge in [-0.3, -0.25) is 4.79 Å². The van der Waals surface area contributed by atoms with Gasteiger partial charge in [0, 0.05) is 13.0 Å². The highest BCUT2D eigenvalue weighted by Gasteiger charge is 2.23. The minimum absolute atomic E-state index is 0.0680. The lowest BCUT2D eigenvalue weighted by molar-refractivity contribution is -0.121. The number of likely N-dealkylation sites (N-methyl/N-ethyl adjacent to an activating group) is 1. The summed E-state index contributed by atoms with van der Waals surface area (Å²) in [5.41, 5.74) is 0. The molecule has 6 heteroatoms. The van der Waals surface area contributed by atoms with Gasteiger partial charge in [-0.25, -0.2) is 4.68 Å². The lowest BCUT2D eigenvalue weighted by atomic mass is 10.1. The average Bonchev–Trinajstić information content (AvgIpc) is 2.86. The fourth-order valence-electron chi connectivity index (χ4n) is 2.02. The van der Waals surface area contributed by atoms with Crippen LogP contribution in [0.5, 0.6) is 0 Å². The summed E-state index contributed by atoms with van der Waals surface area (Å²) in [6, 6.07) is 0. The number of hydrogen-bond acceptors (Lipinski definition) is 4. The van der Waals surface area contributed by atoms with Gasteiger partial charge in [0.2, 0.25) is 5.91 Å². The molecular weight excluding hydrogens is 194 g/mol. The molecule has 0 aromatic carbocycles. The van der Waals surface area contributed by atoms with Gasteiger partial charge < -0.3 is 5.32 Å². The van der Waals surface area contributed by atoms with Crippen molar-refractivity contribution in [1.29, 1.82) is 0 Å². The fourth-order valence-corrected chi connectivity index (χ4v) is 2.02. The van der Waals surface area contributed by atoms with Gasteiger partial charge in [-0.1, -0.05) is 12.8 Å². The molecule has 1 amide bonds. The standard InChI is InChI=1S/C9H15N5O/c1-10-8(15)6-14-9(11-12-13-14)7-4-2-3-5-7/h7H,2-6H2,1H3,(H,10,15). The van der Waals surface area contributed by atoms with Gasteiger partial charge in [0.05, 0.1) is 0 Å². The van der Waals surface area contributed by atoms with Gasteiger partial charge in [0.1, 0.15) is 6.54 Å². The third kappa shape index (κ3) is 2.14. The smallest absolute Gasteiger partial charge is 0.241 e. The first-order chi connectivity index (χ1) is 7.31. The van der Waals surface area contributed by atoms with E-state index in [2.05, 4.69) is 20.8 Å². The molecule has 1 aliphatic rings. The lowest BCUT2D eigenvalue weighted by Crippen LogP contribution is -2.25. The predicted molar refractivity (Wildman–Crippen MR) is 53.1 cm³/mol. The molecule has 1 saturated carbocycles. The normalized spacial score (nSPS) is 16.9. The van der Waals surface area contributed by atoms with E-state index in [0.717, 1.165) is 18.7 Å². The van der Waals surface area contributed by atoms with Crippen molar-refractivity contribution in [1.82, 2.24) is 25.5 Å². The fraction of sp³-hybridized carbons (Fsp3) is 0.778. The summed E-state index contributed by atoms with van der Waals surface area (Å²) in [5, 5.41) is 14.1. The molecule has 82 valence electrons. The molecule has 1 aromatic rings. The minimum Gasteiger partial charge on any atom is -0.358 e. The van der Waals surface area contributed by atoms with E-state index in [1.54, 1.807) is 11.7 Å². The van der Waals surface area contributed by atoms with Crippen LogP contribution in [0.15, 0.2) is 0 Å². The van der Waals surface area contributed by atoms with Crippen LogP contribution in [-0.2, 0) is 11.3 Å². The first kappa shape index (κ1) is 10.1. The quantitative estimate of drug-likeness (QED) is 0.765. The summed E-state index contributed by atoms with van der Waals surface area (Å²) in [5.74, 6) is 1.22. The molecule has 2 rings (SSSR count). The summed E-state index contributed by atoms with van der Waals surface area (Å²) in [4.78, 5) is 11.2. The van der Waals surface area contributed by atoms with E-state index in [-0.39, 0.29) is 12.5 Å². The van der Waals surface area contributed by atoms with Crippen molar-refractivity contribution in [3.05, 3.63) is 5.82 Å². The molecule has 0 spiro atoms. The second-order valence-corrected chi connectivity index (χ2v) is 3.85. The molecule has 1 N–H and O–H groups in total. The van der Waals surface area contributed by atoms with Crippen LogP contribution in [0.1, 0.15) is 37.4 Å². The Morgan fingerprint density at radius 1 is 1.53 bits per heavy atom. The molecule has 15 heavy (non-hydrogen) atoms. The van der Waals surface area contributed by atoms with Crippen LogP contribution in [0.2, 0.25) is 0 Å². The zero-order valence-electron chi connectivity index (χ0n) is 8.81. The largest absolute Gasteiger partial charge is 0.358 e. The summed E-state index contributed by atoms with van der Waals surface area (Å²) >= 11 is 0. The molecule has 6 nitrogen and oxygen atoms in total. The number of tetrazole rings is 1. The van der Waals surface area contributed by atoms with Crippen molar-refractivity contribution in [3.8, 4) is 0 Å². The Kier molecular flexibility index (Phi) is 2.94. The number of aromatic nitrogens is 4. The van der Waals surface area contributed by atoms with Gasteiger partial charge in [-0.15, -0.1) is 5.10 Å². The Morgan fingerprint density at radius 3 is 2.93 bits per heavy atom. The van der Waals surface area contributed by atoms with Gasteiger partial charge in [-0.2, -0.15) is 0 Å². The third-order valence-corrected chi connectivity index (χ3v) is 2.85. The van der Waals surface area contributed by atoms with Gasteiger partial charge >= 0.3 is 0 Å². The van der Waals surface area contributed by atoms with Crippen LogP contribution in [0.3, 0.4) is 0 Å². The van der Waals surface area contributed by atoms with E-state index in [0.29, 0.717) is 5.92 Å². The number of carbonyl (C=O) groups excluding carboxylic acids is 1. The first-order valence-corrected chi connectivity index (χ1v) is 5.28. The lowest BCUT2D eigenvalue weighted by Gasteiger charge is -2.08. The number of nitrogens with zero attached hydrogens (tertiary/aromatic N) is 4. The minimum atomic E-state index is -0.0680. The van der Waals surface area contributed by atoms with Crippen LogP contribution in [0, 0.1) is 0 Å². The first-order valence-electron chi connectivity index (χ1n) is 5.28. The molecule has 0 radical (unpaired) electrons.